The summed E-state index contributed by atoms with van der Waals surface area (Å²) in [6.45, 7) is 3.37. The Kier molecular flexibility index (Phi) is 3.48. The van der Waals surface area contributed by atoms with Gasteiger partial charge in [0.25, 0.3) is 0 Å². The summed E-state index contributed by atoms with van der Waals surface area (Å²) < 4.78 is 0. The Hall–Kier alpha value is -1.08. The molecule has 0 aliphatic carbocycles. The Morgan fingerprint density at radius 2 is 2.43 bits per heavy atom. The molecule has 0 aromatic heterocycles. The van der Waals surface area contributed by atoms with Gasteiger partial charge in [-0.25, -0.2) is 0 Å². The smallest absolute Gasteiger partial charge is 0.239 e. The lowest BCUT2D eigenvalue weighted by atomic mass is 10.1. The van der Waals surface area contributed by atoms with Crippen molar-refractivity contribution in [2.45, 2.75) is 19.4 Å². The first-order valence-electron chi connectivity index (χ1n) is 4.91. The van der Waals surface area contributed by atoms with Crippen LogP contribution in [0, 0.1) is 17.2 Å². The fourth-order valence-corrected chi connectivity index (χ4v) is 1.81. The molecule has 78 valence electrons. The van der Waals surface area contributed by atoms with Crippen LogP contribution in [0.1, 0.15) is 13.3 Å². The molecule has 1 amide bonds. The molecule has 1 aliphatic heterocycles. The van der Waals surface area contributed by atoms with Gasteiger partial charge in [0.1, 0.15) is 0 Å². The van der Waals surface area contributed by atoms with Gasteiger partial charge in [0.05, 0.1) is 18.0 Å². The van der Waals surface area contributed by atoms with E-state index < -0.39 is 0 Å². The van der Waals surface area contributed by atoms with Crippen LogP contribution in [0.25, 0.3) is 0 Å². The number of likely N-dealkylation sites (N-methyl/N-ethyl adjacent to an activating group) is 2. The van der Waals surface area contributed by atoms with Crippen LogP contribution in [-0.2, 0) is 4.79 Å². The summed E-state index contributed by atoms with van der Waals surface area (Å²) in [5.41, 5.74) is 0. The molecule has 0 spiro atoms. The molecule has 1 saturated heterocycles. The highest BCUT2D eigenvalue weighted by Gasteiger charge is 2.32. The zero-order chi connectivity index (χ0) is 10.7. The quantitative estimate of drug-likeness (QED) is 0.651. The molecular weight excluding hydrogens is 178 g/mol. The Morgan fingerprint density at radius 1 is 1.79 bits per heavy atom. The first kappa shape index (κ1) is 11.0. The number of carbonyl (C=O) groups is 1. The van der Waals surface area contributed by atoms with Gasteiger partial charge in [-0.15, -0.1) is 0 Å². The summed E-state index contributed by atoms with van der Waals surface area (Å²) in [4.78, 5) is 15.4. The van der Waals surface area contributed by atoms with E-state index in [1.165, 1.54) is 0 Å². The van der Waals surface area contributed by atoms with Crippen molar-refractivity contribution in [2.75, 3.05) is 27.2 Å². The monoisotopic (exact) mass is 195 g/mol. The molecule has 0 saturated carbocycles. The van der Waals surface area contributed by atoms with Gasteiger partial charge >= 0.3 is 0 Å². The molecule has 0 aromatic carbocycles. The summed E-state index contributed by atoms with van der Waals surface area (Å²) in [5, 5.41) is 8.67. The van der Waals surface area contributed by atoms with Gasteiger partial charge in [-0.1, -0.05) is 0 Å². The number of carbonyl (C=O) groups excluding carboxylic acids is 1. The maximum absolute atomic E-state index is 11.6. The van der Waals surface area contributed by atoms with Crippen LogP contribution >= 0.6 is 0 Å². The van der Waals surface area contributed by atoms with Gasteiger partial charge in [0, 0.05) is 20.1 Å². The van der Waals surface area contributed by atoms with E-state index in [9.17, 15) is 4.79 Å². The molecular formula is C10H17N3O. The number of hydrogen-bond acceptors (Lipinski definition) is 3. The highest BCUT2D eigenvalue weighted by Crippen LogP contribution is 2.15. The first-order valence-corrected chi connectivity index (χ1v) is 4.91. The fraction of sp³-hybridized carbons (Fsp3) is 0.800. The van der Waals surface area contributed by atoms with E-state index in [2.05, 4.69) is 6.07 Å². The highest BCUT2D eigenvalue weighted by molar-refractivity contribution is 5.83. The summed E-state index contributed by atoms with van der Waals surface area (Å²) in [5.74, 6) is 0.163. The van der Waals surface area contributed by atoms with Crippen molar-refractivity contribution in [2.24, 2.45) is 5.92 Å². The number of nitrogens with zero attached hydrogens (tertiary/aromatic N) is 3. The topological polar surface area (TPSA) is 47.3 Å². The van der Waals surface area contributed by atoms with E-state index >= 15 is 0 Å². The van der Waals surface area contributed by atoms with E-state index in [0.29, 0.717) is 6.54 Å². The maximum Gasteiger partial charge on any atom is 0.239 e. The van der Waals surface area contributed by atoms with Gasteiger partial charge in [-0.05, 0) is 20.4 Å². The summed E-state index contributed by atoms with van der Waals surface area (Å²) in [7, 11) is 3.74. The minimum Gasteiger partial charge on any atom is -0.344 e. The van der Waals surface area contributed by atoms with E-state index in [-0.39, 0.29) is 17.9 Å². The Balaban J connectivity index is 2.50. The predicted molar refractivity (Wildman–Crippen MR) is 53.4 cm³/mol. The molecule has 4 nitrogen and oxygen atoms in total. The zero-order valence-corrected chi connectivity index (χ0v) is 9.03. The number of rotatable bonds is 3. The third kappa shape index (κ3) is 2.24. The summed E-state index contributed by atoms with van der Waals surface area (Å²) in [6, 6.07) is 2.16. The third-order valence-electron chi connectivity index (χ3n) is 2.71. The molecule has 1 rings (SSSR count). The van der Waals surface area contributed by atoms with Crippen LogP contribution in [0.5, 0.6) is 0 Å². The van der Waals surface area contributed by atoms with Crippen molar-refractivity contribution in [1.29, 1.82) is 5.26 Å². The van der Waals surface area contributed by atoms with E-state index in [4.69, 9.17) is 5.26 Å². The van der Waals surface area contributed by atoms with Crippen molar-refractivity contribution in [1.82, 2.24) is 9.80 Å². The van der Waals surface area contributed by atoms with Gasteiger partial charge in [-0.3, -0.25) is 9.69 Å². The molecule has 0 aromatic rings. The third-order valence-corrected chi connectivity index (χ3v) is 2.71. The SMILES string of the molecule is CC(C#N)CN(C)C1CCN(C)C1=O. The number of nitriles is 1. The Bertz CT molecular complexity index is 259. The molecule has 4 heteroatoms. The second-order valence-corrected chi connectivity index (χ2v) is 4.03. The highest BCUT2D eigenvalue weighted by atomic mass is 16.2. The second kappa shape index (κ2) is 4.43. The van der Waals surface area contributed by atoms with E-state index in [0.717, 1.165) is 13.0 Å². The molecule has 14 heavy (non-hydrogen) atoms. The van der Waals surface area contributed by atoms with Crippen LogP contribution in [0.2, 0.25) is 0 Å². The van der Waals surface area contributed by atoms with Gasteiger partial charge in [0.15, 0.2) is 0 Å². The molecule has 1 fully saturated rings. The lowest BCUT2D eigenvalue weighted by Gasteiger charge is -2.23. The minimum absolute atomic E-state index is 0.0151. The lowest BCUT2D eigenvalue weighted by Crippen LogP contribution is -2.40. The Labute approximate surface area is 85.1 Å². The van der Waals surface area contributed by atoms with Crippen LogP contribution in [-0.4, -0.2) is 48.9 Å². The second-order valence-electron chi connectivity index (χ2n) is 4.03. The molecule has 0 N–H and O–H groups in total. The largest absolute Gasteiger partial charge is 0.344 e. The lowest BCUT2D eigenvalue weighted by molar-refractivity contribution is -0.130. The molecule has 2 atom stereocenters. The number of hydrogen-bond donors (Lipinski definition) is 0. The Morgan fingerprint density at radius 3 is 2.86 bits per heavy atom. The molecule has 1 aliphatic rings. The minimum atomic E-state index is -0.0178. The average Bonchev–Trinajstić information content (AvgIpc) is 2.47. The van der Waals surface area contributed by atoms with Crippen LogP contribution in [0.3, 0.4) is 0 Å². The van der Waals surface area contributed by atoms with Crippen LogP contribution in [0.4, 0.5) is 0 Å². The molecule has 0 radical (unpaired) electrons. The molecule has 1 heterocycles. The summed E-state index contributed by atoms with van der Waals surface area (Å²) >= 11 is 0. The maximum atomic E-state index is 11.6. The van der Waals surface area contributed by atoms with E-state index in [1.807, 2.05) is 25.9 Å². The first-order chi connectivity index (χ1) is 6.56. The molecule has 2 unspecified atom stereocenters. The van der Waals surface area contributed by atoms with Crippen molar-refractivity contribution < 1.29 is 4.79 Å². The van der Waals surface area contributed by atoms with Crippen molar-refractivity contribution in [3.05, 3.63) is 0 Å². The summed E-state index contributed by atoms with van der Waals surface area (Å²) in [6.07, 6.45) is 0.879. The molecule has 0 bridgehead atoms. The van der Waals surface area contributed by atoms with Crippen LogP contribution < -0.4 is 0 Å². The van der Waals surface area contributed by atoms with Crippen LogP contribution in [0.15, 0.2) is 0 Å². The number of amides is 1. The van der Waals surface area contributed by atoms with Crippen molar-refractivity contribution >= 4 is 5.91 Å². The van der Waals surface area contributed by atoms with Gasteiger partial charge < -0.3 is 4.90 Å². The number of likely N-dealkylation sites (tertiary alicyclic amines) is 1. The standard InChI is InChI=1S/C10H17N3O/c1-8(6-11)7-13(3)9-4-5-12(2)10(9)14/h8-9H,4-5,7H2,1-3H3. The fourth-order valence-electron chi connectivity index (χ4n) is 1.81. The van der Waals surface area contributed by atoms with Crippen molar-refractivity contribution in [3.8, 4) is 6.07 Å². The predicted octanol–water partition coefficient (Wildman–Crippen LogP) is 0.309. The average molecular weight is 195 g/mol. The van der Waals surface area contributed by atoms with Gasteiger partial charge in [0.2, 0.25) is 5.91 Å². The zero-order valence-electron chi connectivity index (χ0n) is 9.03. The van der Waals surface area contributed by atoms with Gasteiger partial charge in [-0.2, -0.15) is 5.26 Å². The van der Waals surface area contributed by atoms with Crippen molar-refractivity contribution in [3.63, 3.8) is 0 Å². The van der Waals surface area contributed by atoms with E-state index in [1.54, 1.807) is 4.90 Å². The normalized spacial score (nSPS) is 24.1.